The zero-order valence-corrected chi connectivity index (χ0v) is 11.3. The van der Waals surface area contributed by atoms with Gasteiger partial charge in [0.15, 0.2) is 0 Å². The average molecular weight is 272 g/mol. The molecule has 1 atom stereocenters. The highest BCUT2D eigenvalue weighted by atomic mass is 16.5. The summed E-state index contributed by atoms with van der Waals surface area (Å²) < 4.78 is 10.5. The molecule has 0 saturated carbocycles. The van der Waals surface area contributed by atoms with Crippen molar-refractivity contribution in [2.75, 3.05) is 6.61 Å². The molecule has 1 aromatic heterocycles. The second-order valence-corrected chi connectivity index (χ2v) is 4.87. The number of hydrogen-bond acceptors (Lipinski definition) is 4. The van der Waals surface area contributed by atoms with E-state index in [4.69, 9.17) is 9.26 Å². The van der Waals surface area contributed by atoms with E-state index in [0.29, 0.717) is 17.9 Å². The largest absolute Gasteiger partial charge is 0.493 e. The van der Waals surface area contributed by atoms with Gasteiger partial charge in [0, 0.05) is 5.56 Å². The lowest BCUT2D eigenvalue weighted by atomic mass is 10.0. The Bertz CT molecular complexity index is 621. The van der Waals surface area contributed by atoms with Crippen LogP contribution in [0.15, 0.2) is 35.1 Å². The van der Waals surface area contributed by atoms with Gasteiger partial charge in [-0.2, -0.15) is 0 Å². The molecule has 1 amide bonds. The van der Waals surface area contributed by atoms with Gasteiger partial charge in [0.05, 0.1) is 18.3 Å². The Hall–Kier alpha value is -2.30. The zero-order valence-electron chi connectivity index (χ0n) is 11.3. The van der Waals surface area contributed by atoms with E-state index in [0.717, 1.165) is 24.2 Å². The molecule has 1 N–H and O–H groups in total. The summed E-state index contributed by atoms with van der Waals surface area (Å²) in [6, 6.07) is 7.77. The summed E-state index contributed by atoms with van der Waals surface area (Å²) >= 11 is 0. The Balaban J connectivity index is 1.84. The number of nitrogens with zero attached hydrogens (tertiary/aromatic N) is 1. The summed E-state index contributed by atoms with van der Waals surface area (Å²) in [5.74, 6) is 0.683. The number of carbonyl (C=O) groups is 1. The summed E-state index contributed by atoms with van der Waals surface area (Å²) in [5.41, 5.74) is 2.10. The number of hydrogen-bond donors (Lipinski definition) is 1. The van der Waals surface area contributed by atoms with Crippen LogP contribution in [0.5, 0.6) is 5.75 Å². The maximum absolute atomic E-state index is 12.3. The first-order valence-corrected chi connectivity index (χ1v) is 6.69. The second kappa shape index (κ2) is 5.36. The van der Waals surface area contributed by atoms with Crippen LogP contribution in [0.2, 0.25) is 0 Å². The fraction of sp³-hybridized carbons (Fsp3) is 0.333. The standard InChI is InChI=1S/C15H16N2O3/c1-10-12(9-20-17-10)15(18)16-13-6-4-8-19-14-7-3-2-5-11(13)14/h2-3,5,7,9,13H,4,6,8H2,1H3,(H,16,18)/t13-/m1/s1. The third kappa shape index (κ3) is 2.39. The maximum atomic E-state index is 12.3. The van der Waals surface area contributed by atoms with Crippen molar-refractivity contribution in [2.45, 2.75) is 25.8 Å². The van der Waals surface area contributed by atoms with Crippen LogP contribution >= 0.6 is 0 Å². The number of aryl methyl sites for hydroxylation is 1. The van der Waals surface area contributed by atoms with E-state index in [1.165, 1.54) is 6.26 Å². The lowest BCUT2D eigenvalue weighted by Crippen LogP contribution is -2.28. The Labute approximate surface area is 116 Å². The zero-order chi connectivity index (χ0) is 13.9. The molecule has 0 bridgehead atoms. The van der Waals surface area contributed by atoms with Crippen molar-refractivity contribution < 1.29 is 14.1 Å². The van der Waals surface area contributed by atoms with E-state index < -0.39 is 0 Å². The molecule has 0 unspecified atom stereocenters. The molecule has 2 heterocycles. The predicted octanol–water partition coefficient (Wildman–Crippen LogP) is 2.63. The quantitative estimate of drug-likeness (QED) is 0.912. The first-order chi connectivity index (χ1) is 9.75. The smallest absolute Gasteiger partial charge is 0.256 e. The van der Waals surface area contributed by atoms with Crippen molar-refractivity contribution >= 4 is 5.91 Å². The second-order valence-electron chi connectivity index (χ2n) is 4.87. The number of benzene rings is 1. The molecule has 20 heavy (non-hydrogen) atoms. The Morgan fingerprint density at radius 3 is 3.05 bits per heavy atom. The Morgan fingerprint density at radius 2 is 2.25 bits per heavy atom. The van der Waals surface area contributed by atoms with Gasteiger partial charge in [-0.25, -0.2) is 0 Å². The molecular weight excluding hydrogens is 256 g/mol. The van der Waals surface area contributed by atoms with Gasteiger partial charge in [0.1, 0.15) is 17.6 Å². The lowest BCUT2D eigenvalue weighted by Gasteiger charge is -2.17. The summed E-state index contributed by atoms with van der Waals surface area (Å²) in [6.45, 7) is 2.43. The maximum Gasteiger partial charge on any atom is 0.256 e. The minimum atomic E-state index is -0.162. The number of amides is 1. The summed E-state index contributed by atoms with van der Waals surface area (Å²) in [4.78, 5) is 12.3. The van der Waals surface area contributed by atoms with Gasteiger partial charge in [0.2, 0.25) is 0 Å². The van der Waals surface area contributed by atoms with Crippen molar-refractivity contribution in [3.8, 4) is 5.75 Å². The van der Waals surface area contributed by atoms with Gasteiger partial charge in [0.25, 0.3) is 5.91 Å². The molecule has 0 spiro atoms. The van der Waals surface area contributed by atoms with Crippen LogP contribution in [-0.2, 0) is 0 Å². The normalized spacial score (nSPS) is 17.8. The highest BCUT2D eigenvalue weighted by molar-refractivity contribution is 5.95. The van der Waals surface area contributed by atoms with E-state index >= 15 is 0 Å². The molecule has 3 rings (SSSR count). The fourth-order valence-electron chi connectivity index (χ4n) is 2.42. The summed E-state index contributed by atoms with van der Waals surface area (Å²) in [7, 11) is 0. The van der Waals surface area contributed by atoms with E-state index in [-0.39, 0.29) is 11.9 Å². The predicted molar refractivity (Wildman–Crippen MR) is 72.6 cm³/mol. The number of para-hydroxylation sites is 1. The van der Waals surface area contributed by atoms with Gasteiger partial charge in [-0.05, 0) is 25.8 Å². The summed E-state index contributed by atoms with van der Waals surface area (Å²) in [5, 5.41) is 6.77. The van der Waals surface area contributed by atoms with Crippen molar-refractivity contribution in [3.63, 3.8) is 0 Å². The van der Waals surface area contributed by atoms with E-state index in [1.807, 2.05) is 24.3 Å². The molecule has 0 fully saturated rings. The molecule has 104 valence electrons. The van der Waals surface area contributed by atoms with Crippen LogP contribution in [0.3, 0.4) is 0 Å². The van der Waals surface area contributed by atoms with Crippen LogP contribution in [-0.4, -0.2) is 17.7 Å². The van der Waals surface area contributed by atoms with Gasteiger partial charge in [-0.1, -0.05) is 23.4 Å². The van der Waals surface area contributed by atoms with Crippen molar-refractivity contribution in [1.29, 1.82) is 0 Å². The molecule has 1 aromatic carbocycles. The average Bonchev–Trinajstić information content (AvgIpc) is 2.78. The number of ether oxygens (including phenoxy) is 1. The minimum absolute atomic E-state index is 0.0458. The Morgan fingerprint density at radius 1 is 1.40 bits per heavy atom. The first kappa shape index (κ1) is 12.7. The van der Waals surface area contributed by atoms with E-state index in [9.17, 15) is 4.79 Å². The highest BCUT2D eigenvalue weighted by Crippen LogP contribution is 2.31. The first-order valence-electron chi connectivity index (χ1n) is 6.69. The van der Waals surface area contributed by atoms with Crippen LogP contribution in [0.1, 0.15) is 40.5 Å². The van der Waals surface area contributed by atoms with Gasteiger partial charge in [-0.15, -0.1) is 0 Å². The molecule has 5 nitrogen and oxygen atoms in total. The fourth-order valence-corrected chi connectivity index (χ4v) is 2.42. The molecule has 0 radical (unpaired) electrons. The molecule has 1 aliphatic heterocycles. The van der Waals surface area contributed by atoms with Gasteiger partial charge < -0.3 is 14.6 Å². The van der Waals surface area contributed by atoms with E-state index in [1.54, 1.807) is 6.92 Å². The third-order valence-electron chi connectivity index (χ3n) is 3.49. The van der Waals surface area contributed by atoms with Crippen LogP contribution in [0.4, 0.5) is 0 Å². The molecule has 5 heteroatoms. The van der Waals surface area contributed by atoms with Crippen LogP contribution in [0, 0.1) is 6.92 Å². The summed E-state index contributed by atoms with van der Waals surface area (Å²) in [6.07, 6.45) is 3.14. The topological polar surface area (TPSA) is 64.4 Å². The van der Waals surface area contributed by atoms with Crippen molar-refractivity contribution in [3.05, 3.63) is 47.3 Å². The van der Waals surface area contributed by atoms with Crippen molar-refractivity contribution in [2.24, 2.45) is 0 Å². The molecule has 2 aromatic rings. The van der Waals surface area contributed by atoms with Crippen LogP contribution < -0.4 is 10.1 Å². The minimum Gasteiger partial charge on any atom is -0.493 e. The molecular formula is C15H16N2O3. The molecule has 1 aliphatic rings. The third-order valence-corrected chi connectivity index (χ3v) is 3.49. The monoisotopic (exact) mass is 272 g/mol. The number of fused-ring (bicyclic) bond motifs is 1. The number of carbonyl (C=O) groups excluding carboxylic acids is 1. The number of rotatable bonds is 2. The van der Waals surface area contributed by atoms with Gasteiger partial charge in [-0.3, -0.25) is 4.79 Å². The SMILES string of the molecule is Cc1nocc1C(=O)N[C@@H]1CCCOc2ccccc21. The van der Waals surface area contributed by atoms with Crippen LogP contribution in [0.25, 0.3) is 0 Å². The van der Waals surface area contributed by atoms with Gasteiger partial charge >= 0.3 is 0 Å². The van der Waals surface area contributed by atoms with Crippen molar-refractivity contribution in [1.82, 2.24) is 10.5 Å². The highest BCUT2D eigenvalue weighted by Gasteiger charge is 2.23. The molecule has 0 saturated heterocycles. The molecule has 0 aliphatic carbocycles. The van der Waals surface area contributed by atoms with E-state index in [2.05, 4.69) is 10.5 Å². The number of aromatic nitrogens is 1. The number of nitrogens with one attached hydrogen (secondary N) is 1. The lowest BCUT2D eigenvalue weighted by molar-refractivity contribution is 0.0933. The Kier molecular flexibility index (Phi) is 3.41.